The molecular weight excluding hydrogens is 440 g/mol. The van der Waals surface area contributed by atoms with E-state index in [-0.39, 0.29) is 0 Å². The maximum absolute atomic E-state index is 12.5. The smallest absolute Gasteiger partial charge is 0.251 e. The third kappa shape index (κ3) is 5.01. The predicted octanol–water partition coefficient (Wildman–Crippen LogP) is 5.92. The van der Waals surface area contributed by atoms with Crippen LogP contribution in [-0.2, 0) is 13.0 Å². The van der Waals surface area contributed by atoms with Crippen LogP contribution in [0, 0.1) is 13.8 Å². The maximum atomic E-state index is 12.5. The van der Waals surface area contributed by atoms with E-state index in [4.69, 9.17) is 19.9 Å². The van der Waals surface area contributed by atoms with Crippen molar-refractivity contribution in [1.29, 1.82) is 0 Å². The second kappa shape index (κ2) is 10.4. The molecule has 0 saturated heterocycles. The lowest BCUT2D eigenvalue weighted by Gasteiger charge is -2.12. The van der Waals surface area contributed by atoms with Crippen molar-refractivity contribution in [2.75, 3.05) is 14.2 Å². The first-order valence-electron chi connectivity index (χ1n) is 11.5. The molecule has 1 amide bonds. The lowest BCUT2D eigenvalue weighted by molar-refractivity contribution is 0.1000. The summed E-state index contributed by atoms with van der Waals surface area (Å²) in [6.45, 7) is 4.65. The Morgan fingerprint density at radius 1 is 0.829 bits per heavy atom. The quantitative estimate of drug-likeness (QED) is 0.329. The lowest BCUT2D eigenvalue weighted by atomic mass is 10.00. The van der Waals surface area contributed by atoms with Gasteiger partial charge in [-0.15, -0.1) is 0 Å². The van der Waals surface area contributed by atoms with E-state index < -0.39 is 5.91 Å². The van der Waals surface area contributed by atoms with Crippen LogP contribution in [0.3, 0.4) is 0 Å². The number of ether oxygens (including phenoxy) is 3. The Kier molecular flexibility index (Phi) is 7.11. The molecule has 0 radical (unpaired) electrons. The molecule has 1 aromatic heterocycles. The number of rotatable bonds is 9. The number of benzene rings is 3. The molecule has 6 nitrogen and oxygen atoms in total. The van der Waals surface area contributed by atoms with Gasteiger partial charge in [0, 0.05) is 23.5 Å². The minimum Gasteiger partial charge on any atom is -0.493 e. The molecule has 0 spiro atoms. The van der Waals surface area contributed by atoms with Crippen LogP contribution in [0.25, 0.3) is 11.1 Å². The van der Waals surface area contributed by atoms with E-state index in [1.165, 1.54) is 0 Å². The molecule has 0 unspecified atom stereocenters. The van der Waals surface area contributed by atoms with Crippen molar-refractivity contribution in [2.45, 2.75) is 26.8 Å². The number of amides is 1. The van der Waals surface area contributed by atoms with Crippen LogP contribution in [-0.4, -0.2) is 24.7 Å². The Morgan fingerprint density at radius 2 is 1.54 bits per heavy atom. The molecule has 4 rings (SSSR count). The summed E-state index contributed by atoms with van der Waals surface area (Å²) in [6, 6.07) is 23.3. The monoisotopic (exact) mass is 470 g/mol. The fourth-order valence-corrected chi connectivity index (χ4v) is 4.49. The number of primary amides is 1. The van der Waals surface area contributed by atoms with Gasteiger partial charge in [0.15, 0.2) is 11.5 Å². The van der Waals surface area contributed by atoms with Crippen molar-refractivity contribution in [1.82, 2.24) is 4.57 Å². The molecule has 35 heavy (non-hydrogen) atoms. The van der Waals surface area contributed by atoms with Crippen molar-refractivity contribution in [3.05, 3.63) is 95.3 Å². The Bertz CT molecular complexity index is 1340. The zero-order valence-corrected chi connectivity index (χ0v) is 20.5. The van der Waals surface area contributed by atoms with Gasteiger partial charge < -0.3 is 24.5 Å². The lowest BCUT2D eigenvalue weighted by Crippen LogP contribution is -2.14. The first-order chi connectivity index (χ1) is 16.9. The van der Waals surface area contributed by atoms with E-state index in [0.717, 1.165) is 40.2 Å². The molecular formula is C29H30N2O4. The van der Waals surface area contributed by atoms with Gasteiger partial charge in [-0.2, -0.15) is 0 Å². The highest BCUT2D eigenvalue weighted by Gasteiger charge is 2.23. The second-order valence-electron chi connectivity index (χ2n) is 8.32. The van der Waals surface area contributed by atoms with Crippen LogP contribution in [0.1, 0.15) is 27.3 Å². The summed E-state index contributed by atoms with van der Waals surface area (Å²) in [5.74, 6) is 2.39. The standard InChI is InChI=1S/C29H30N2O4/c1-19-27(22-9-8-12-24(18-22)35-23-10-6-5-7-11-23)28(29(30)32)20(2)31(19)16-15-21-13-14-25(33-3)26(17-21)34-4/h5-14,17-18H,15-16H2,1-4H3,(H2,30,32). The average Bonchev–Trinajstić information content (AvgIpc) is 3.12. The van der Waals surface area contributed by atoms with Crippen LogP contribution in [0.15, 0.2) is 72.8 Å². The number of carbonyl (C=O) groups is 1. The Morgan fingerprint density at radius 3 is 2.23 bits per heavy atom. The van der Waals surface area contributed by atoms with Crippen molar-refractivity contribution in [3.63, 3.8) is 0 Å². The largest absolute Gasteiger partial charge is 0.493 e. The van der Waals surface area contributed by atoms with Crippen molar-refractivity contribution in [3.8, 4) is 34.1 Å². The van der Waals surface area contributed by atoms with Gasteiger partial charge in [0.2, 0.25) is 0 Å². The molecule has 0 bridgehead atoms. The van der Waals surface area contributed by atoms with E-state index in [1.54, 1.807) is 14.2 Å². The summed E-state index contributed by atoms with van der Waals surface area (Å²) >= 11 is 0. The fourth-order valence-electron chi connectivity index (χ4n) is 4.49. The van der Waals surface area contributed by atoms with Gasteiger partial charge in [0.05, 0.1) is 19.8 Å². The van der Waals surface area contributed by atoms with Gasteiger partial charge in [-0.3, -0.25) is 4.79 Å². The number of para-hydroxylation sites is 1. The SMILES string of the molecule is COc1ccc(CCn2c(C)c(C(N)=O)c(-c3cccc(Oc4ccccc4)c3)c2C)cc1OC. The summed E-state index contributed by atoms with van der Waals surface area (Å²) < 4.78 is 18.9. The molecule has 1 heterocycles. The van der Waals surface area contributed by atoms with Gasteiger partial charge in [0.25, 0.3) is 5.91 Å². The highest BCUT2D eigenvalue weighted by Crippen LogP contribution is 2.35. The average molecular weight is 471 g/mol. The molecule has 6 heteroatoms. The number of nitrogens with zero attached hydrogens (tertiary/aromatic N) is 1. The fraction of sp³-hybridized carbons (Fsp3) is 0.207. The molecule has 180 valence electrons. The molecule has 0 fully saturated rings. The van der Waals surface area contributed by atoms with E-state index in [2.05, 4.69) is 4.57 Å². The summed E-state index contributed by atoms with van der Waals surface area (Å²) in [4.78, 5) is 12.5. The van der Waals surface area contributed by atoms with Gasteiger partial charge in [-0.25, -0.2) is 0 Å². The third-order valence-electron chi connectivity index (χ3n) is 6.20. The van der Waals surface area contributed by atoms with Gasteiger partial charge in [0.1, 0.15) is 11.5 Å². The molecule has 0 saturated carbocycles. The molecule has 0 atom stereocenters. The van der Waals surface area contributed by atoms with Crippen LogP contribution in [0.4, 0.5) is 0 Å². The summed E-state index contributed by atoms with van der Waals surface area (Å²) in [7, 11) is 3.25. The predicted molar refractivity (Wildman–Crippen MR) is 138 cm³/mol. The van der Waals surface area contributed by atoms with Crippen molar-refractivity contribution in [2.24, 2.45) is 5.73 Å². The van der Waals surface area contributed by atoms with Gasteiger partial charge in [-0.1, -0.05) is 36.4 Å². The highest BCUT2D eigenvalue weighted by atomic mass is 16.5. The van der Waals surface area contributed by atoms with E-state index in [0.29, 0.717) is 29.4 Å². The minimum atomic E-state index is -0.445. The molecule has 2 N–H and O–H groups in total. The minimum absolute atomic E-state index is 0.445. The van der Waals surface area contributed by atoms with Crippen LogP contribution < -0.4 is 19.9 Å². The Balaban J connectivity index is 1.67. The summed E-state index contributed by atoms with van der Waals surface area (Å²) in [6.07, 6.45) is 0.755. The number of hydrogen-bond donors (Lipinski definition) is 1. The first kappa shape index (κ1) is 24.0. The number of carbonyl (C=O) groups excluding carboxylic acids is 1. The second-order valence-corrected chi connectivity index (χ2v) is 8.32. The number of aryl methyl sites for hydroxylation is 1. The van der Waals surface area contributed by atoms with Crippen LogP contribution in [0.5, 0.6) is 23.0 Å². The number of hydrogen-bond acceptors (Lipinski definition) is 4. The van der Waals surface area contributed by atoms with Crippen LogP contribution in [0.2, 0.25) is 0 Å². The number of aromatic nitrogens is 1. The third-order valence-corrected chi connectivity index (χ3v) is 6.20. The topological polar surface area (TPSA) is 75.7 Å². The van der Waals surface area contributed by atoms with E-state index in [9.17, 15) is 4.79 Å². The molecule has 0 aliphatic heterocycles. The maximum Gasteiger partial charge on any atom is 0.251 e. The Hall–Kier alpha value is -4.19. The Labute approximate surface area is 205 Å². The van der Waals surface area contributed by atoms with Crippen LogP contribution >= 0.6 is 0 Å². The molecule has 0 aliphatic carbocycles. The van der Waals surface area contributed by atoms with Crippen molar-refractivity contribution < 1.29 is 19.0 Å². The van der Waals surface area contributed by atoms with E-state index in [1.807, 2.05) is 86.6 Å². The highest BCUT2D eigenvalue weighted by molar-refractivity contribution is 6.02. The summed E-state index contributed by atoms with van der Waals surface area (Å²) in [5, 5.41) is 0. The zero-order valence-electron chi connectivity index (χ0n) is 20.5. The molecule has 3 aromatic carbocycles. The molecule has 0 aliphatic rings. The van der Waals surface area contributed by atoms with E-state index >= 15 is 0 Å². The number of methoxy groups -OCH3 is 2. The first-order valence-corrected chi connectivity index (χ1v) is 11.5. The van der Waals surface area contributed by atoms with Crippen molar-refractivity contribution >= 4 is 5.91 Å². The molecule has 4 aromatic rings. The zero-order chi connectivity index (χ0) is 24.9. The van der Waals surface area contributed by atoms with Gasteiger partial charge in [-0.05, 0) is 67.8 Å². The van der Waals surface area contributed by atoms with Gasteiger partial charge >= 0.3 is 0 Å². The summed E-state index contributed by atoms with van der Waals surface area (Å²) in [5.41, 5.74) is 11.0. The normalized spacial score (nSPS) is 10.7. The number of nitrogens with two attached hydrogens (primary N) is 1.